The Bertz CT molecular complexity index is 1170. The fourth-order valence-electron chi connectivity index (χ4n) is 3.73. The first-order chi connectivity index (χ1) is 15.5. The largest absolute Gasteiger partial charge is 0.494 e. The lowest BCUT2D eigenvalue weighted by molar-refractivity contribution is -0.120. The highest BCUT2D eigenvalue weighted by atomic mass is 16.5. The molecule has 0 saturated heterocycles. The van der Waals surface area contributed by atoms with Gasteiger partial charge in [-0.3, -0.25) is 9.59 Å². The molecular formula is C27H26N2O3. The molecule has 5 nitrogen and oxygen atoms in total. The summed E-state index contributed by atoms with van der Waals surface area (Å²) in [5.74, 6) is 0.259. The number of hydrogen-bond donors (Lipinski definition) is 1. The van der Waals surface area contributed by atoms with E-state index < -0.39 is 5.91 Å². The average molecular weight is 427 g/mol. The number of amides is 2. The first-order valence-corrected chi connectivity index (χ1v) is 10.8. The fraction of sp³-hybridized carbons (Fsp3) is 0.185. The molecule has 0 bridgehead atoms. The Morgan fingerprint density at radius 1 is 0.875 bits per heavy atom. The third-order valence-corrected chi connectivity index (χ3v) is 5.38. The van der Waals surface area contributed by atoms with E-state index in [1.54, 1.807) is 24.3 Å². The van der Waals surface area contributed by atoms with E-state index in [-0.39, 0.29) is 11.6 Å². The summed E-state index contributed by atoms with van der Waals surface area (Å²) in [7, 11) is 0. The van der Waals surface area contributed by atoms with Gasteiger partial charge in [0.05, 0.1) is 17.9 Å². The molecule has 4 rings (SSSR count). The van der Waals surface area contributed by atoms with Gasteiger partial charge in [0, 0.05) is 11.8 Å². The molecule has 162 valence electrons. The molecule has 0 aromatic heterocycles. The average Bonchev–Trinajstić information content (AvgIpc) is 3.04. The molecule has 2 amide bonds. The van der Waals surface area contributed by atoms with E-state index in [1.807, 2.05) is 61.5 Å². The Balaban J connectivity index is 1.75. The predicted octanol–water partition coefficient (Wildman–Crippen LogP) is 5.61. The van der Waals surface area contributed by atoms with E-state index >= 15 is 0 Å². The summed E-state index contributed by atoms with van der Waals surface area (Å²) in [5.41, 5.74) is 3.74. The Hall–Kier alpha value is -3.86. The van der Waals surface area contributed by atoms with Crippen LogP contribution < -0.4 is 15.0 Å². The minimum atomic E-state index is -0.393. The van der Waals surface area contributed by atoms with Crippen molar-refractivity contribution in [1.29, 1.82) is 0 Å². The number of hydrogen-bond acceptors (Lipinski definition) is 4. The number of nitrogens with zero attached hydrogens (tertiary/aromatic N) is 1. The highest BCUT2D eigenvalue weighted by Gasteiger charge is 2.40. The van der Waals surface area contributed by atoms with Crippen LogP contribution >= 0.6 is 0 Å². The lowest BCUT2D eigenvalue weighted by Gasteiger charge is -2.16. The van der Waals surface area contributed by atoms with Crippen molar-refractivity contribution in [1.82, 2.24) is 0 Å². The molecule has 3 aromatic carbocycles. The summed E-state index contributed by atoms with van der Waals surface area (Å²) in [5, 5.41) is 3.21. The number of nitrogens with one attached hydrogen (secondary N) is 1. The topological polar surface area (TPSA) is 58.6 Å². The van der Waals surface area contributed by atoms with Crippen LogP contribution in [0.5, 0.6) is 5.75 Å². The van der Waals surface area contributed by atoms with Crippen LogP contribution in [-0.4, -0.2) is 18.4 Å². The highest BCUT2D eigenvalue weighted by Crippen LogP contribution is 2.35. The first-order valence-electron chi connectivity index (χ1n) is 10.8. The van der Waals surface area contributed by atoms with Gasteiger partial charge < -0.3 is 10.1 Å². The van der Waals surface area contributed by atoms with Gasteiger partial charge in [0.2, 0.25) is 0 Å². The molecule has 1 aliphatic heterocycles. The fourth-order valence-corrected chi connectivity index (χ4v) is 3.73. The number of benzene rings is 3. The molecule has 0 spiro atoms. The van der Waals surface area contributed by atoms with Crippen LogP contribution in [0, 0.1) is 0 Å². The first kappa shape index (κ1) is 21.4. The van der Waals surface area contributed by atoms with Crippen molar-refractivity contribution < 1.29 is 14.3 Å². The van der Waals surface area contributed by atoms with Gasteiger partial charge >= 0.3 is 0 Å². The number of carbonyl (C=O) groups excluding carboxylic acids is 2. The minimum Gasteiger partial charge on any atom is -0.494 e. The molecule has 1 aliphatic rings. The summed E-state index contributed by atoms with van der Waals surface area (Å²) in [4.78, 5) is 28.2. The predicted molar refractivity (Wildman–Crippen MR) is 128 cm³/mol. The maximum Gasteiger partial charge on any atom is 0.282 e. The monoisotopic (exact) mass is 426 g/mol. The molecule has 32 heavy (non-hydrogen) atoms. The van der Waals surface area contributed by atoms with E-state index in [9.17, 15) is 9.59 Å². The van der Waals surface area contributed by atoms with Crippen molar-refractivity contribution in [2.75, 3.05) is 16.8 Å². The summed E-state index contributed by atoms with van der Waals surface area (Å²) in [6.45, 7) is 6.65. The molecule has 3 aromatic rings. The second-order valence-corrected chi connectivity index (χ2v) is 7.89. The lowest BCUT2D eigenvalue weighted by Crippen LogP contribution is -2.32. The maximum atomic E-state index is 13.5. The van der Waals surface area contributed by atoms with Gasteiger partial charge in [0.25, 0.3) is 11.8 Å². The Morgan fingerprint density at radius 3 is 2.25 bits per heavy atom. The lowest BCUT2D eigenvalue weighted by atomic mass is 10.0. The third-order valence-electron chi connectivity index (χ3n) is 5.38. The quantitative estimate of drug-likeness (QED) is 0.499. The van der Waals surface area contributed by atoms with Gasteiger partial charge in [0.15, 0.2) is 0 Å². The Kier molecular flexibility index (Phi) is 6.08. The number of ether oxygens (including phenoxy) is 1. The number of anilines is 2. The van der Waals surface area contributed by atoms with Crippen molar-refractivity contribution in [3.8, 4) is 5.75 Å². The Morgan fingerprint density at radius 2 is 1.59 bits per heavy atom. The van der Waals surface area contributed by atoms with Crippen LogP contribution in [0.2, 0.25) is 0 Å². The van der Waals surface area contributed by atoms with Crippen molar-refractivity contribution in [2.45, 2.75) is 26.7 Å². The molecule has 1 heterocycles. The molecular weight excluding hydrogens is 400 g/mol. The van der Waals surface area contributed by atoms with Gasteiger partial charge in [-0.25, -0.2) is 4.90 Å². The summed E-state index contributed by atoms with van der Waals surface area (Å²) >= 11 is 0. The van der Waals surface area contributed by atoms with Crippen molar-refractivity contribution in [2.24, 2.45) is 0 Å². The molecule has 0 fully saturated rings. The number of carbonyl (C=O) groups is 2. The van der Waals surface area contributed by atoms with Crippen LogP contribution in [0.25, 0.3) is 5.57 Å². The number of rotatable bonds is 7. The van der Waals surface area contributed by atoms with Crippen molar-refractivity contribution in [3.63, 3.8) is 0 Å². The smallest absolute Gasteiger partial charge is 0.282 e. The molecule has 5 heteroatoms. The number of imide groups is 1. The normalized spacial score (nSPS) is 13.8. The standard InChI is InChI=1S/C27H26N2O3/c1-4-32-23-12-8-11-22(17-23)29-26(30)24(20-9-6-5-7-10-20)25(27(29)31)28-21-15-13-19(14-16-21)18(2)3/h5-18,28H,4H2,1-3H3. The van der Waals surface area contributed by atoms with Gasteiger partial charge in [-0.2, -0.15) is 0 Å². The van der Waals surface area contributed by atoms with Gasteiger partial charge in [0.1, 0.15) is 11.4 Å². The second kappa shape index (κ2) is 9.10. The van der Waals surface area contributed by atoms with Crippen LogP contribution in [0.1, 0.15) is 37.8 Å². The second-order valence-electron chi connectivity index (χ2n) is 7.89. The summed E-state index contributed by atoms with van der Waals surface area (Å²) in [6.07, 6.45) is 0. The van der Waals surface area contributed by atoms with Crippen molar-refractivity contribution >= 4 is 28.8 Å². The molecule has 0 unspecified atom stereocenters. The van der Waals surface area contributed by atoms with Crippen LogP contribution in [0.15, 0.2) is 84.6 Å². The molecule has 0 atom stereocenters. The zero-order chi connectivity index (χ0) is 22.7. The maximum absolute atomic E-state index is 13.5. The minimum absolute atomic E-state index is 0.264. The van der Waals surface area contributed by atoms with Gasteiger partial charge in [-0.05, 0) is 48.2 Å². The molecule has 0 saturated carbocycles. The summed E-state index contributed by atoms with van der Waals surface area (Å²) < 4.78 is 5.56. The van der Waals surface area contributed by atoms with Crippen LogP contribution in [-0.2, 0) is 9.59 Å². The zero-order valence-corrected chi connectivity index (χ0v) is 18.5. The Labute approximate surface area is 188 Å². The van der Waals surface area contributed by atoms with E-state index in [1.165, 1.54) is 10.5 Å². The zero-order valence-electron chi connectivity index (χ0n) is 18.5. The van der Waals surface area contributed by atoms with Crippen LogP contribution in [0.4, 0.5) is 11.4 Å². The SMILES string of the molecule is CCOc1cccc(N2C(=O)C(Nc3ccc(C(C)C)cc3)=C(c3ccccc3)C2=O)c1. The van der Waals surface area contributed by atoms with E-state index in [4.69, 9.17) is 4.74 Å². The molecule has 0 radical (unpaired) electrons. The third kappa shape index (κ3) is 4.14. The van der Waals surface area contributed by atoms with Crippen LogP contribution in [0.3, 0.4) is 0 Å². The van der Waals surface area contributed by atoms with Crippen molar-refractivity contribution in [3.05, 3.63) is 95.7 Å². The van der Waals surface area contributed by atoms with E-state index in [2.05, 4.69) is 19.2 Å². The highest BCUT2D eigenvalue weighted by molar-refractivity contribution is 6.46. The van der Waals surface area contributed by atoms with Gasteiger partial charge in [-0.15, -0.1) is 0 Å². The summed E-state index contributed by atoms with van der Waals surface area (Å²) in [6, 6.07) is 24.2. The molecule has 0 aliphatic carbocycles. The molecule has 1 N–H and O–H groups in total. The van der Waals surface area contributed by atoms with E-state index in [0.717, 1.165) is 5.69 Å². The van der Waals surface area contributed by atoms with E-state index in [0.29, 0.717) is 35.1 Å². The van der Waals surface area contributed by atoms with Gasteiger partial charge in [-0.1, -0.05) is 62.4 Å².